The maximum Gasteiger partial charge on any atom is 0.407 e. The molecule has 2 aliphatic rings. The van der Waals surface area contributed by atoms with Gasteiger partial charge in [-0.1, -0.05) is 0 Å². The molecule has 3 aromatic rings. The van der Waals surface area contributed by atoms with Gasteiger partial charge in [-0.15, -0.1) is 0 Å². The number of carbonyl (C=O) groups is 2. The number of sulfone groups is 1. The molecule has 5 rings (SSSR count). The van der Waals surface area contributed by atoms with Crippen molar-refractivity contribution in [2.75, 3.05) is 39.5 Å². The van der Waals surface area contributed by atoms with Crippen molar-refractivity contribution in [3.05, 3.63) is 52.9 Å². The normalized spacial score (nSPS) is 17.4. The van der Waals surface area contributed by atoms with E-state index in [9.17, 15) is 23.1 Å². The Hall–Kier alpha value is -3.90. The highest BCUT2D eigenvalue weighted by molar-refractivity contribution is 7.90. The van der Waals surface area contributed by atoms with E-state index < -0.39 is 15.9 Å². The van der Waals surface area contributed by atoms with Crippen LogP contribution in [-0.4, -0.2) is 84.9 Å². The SMILES string of the molecule is COc1ccc2c(c1CN1CCN(C(=O)O)CC1)O/C(=C\c1n[nH]c3ccc(S(C)(=O)=O)cc13)C2=O. The topological polar surface area (TPSA) is 142 Å². The predicted octanol–water partition coefficient (Wildman–Crippen LogP) is 2.39. The average molecular weight is 513 g/mol. The van der Waals surface area contributed by atoms with Crippen LogP contribution in [0.2, 0.25) is 0 Å². The summed E-state index contributed by atoms with van der Waals surface area (Å²) in [5, 5.41) is 16.8. The van der Waals surface area contributed by atoms with Gasteiger partial charge in [0.15, 0.2) is 15.6 Å². The number of aromatic amines is 1. The number of carboxylic acid groups (broad SMARTS) is 1. The Morgan fingerprint density at radius 1 is 1.22 bits per heavy atom. The van der Waals surface area contributed by atoms with Crippen LogP contribution in [0.1, 0.15) is 21.6 Å². The number of carbonyl (C=O) groups excluding carboxylic acids is 1. The number of rotatable bonds is 5. The molecule has 0 spiro atoms. The van der Waals surface area contributed by atoms with Crippen molar-refractivity contribution < 1.29 is 32.6 Å². The van der Waals surface area contributed by atoms with E-state index in [0.29, 0.717) is 71.9 Å². The van der Waals surface area contributed by atoms with Crippen molar-refractivity contribution in [1.82, 2.24) is 20.0 Å². The Morgan fingerprint density at radius 3 is 2.64 bits per heavy atom. The molecular formula is C24H24N4O7S. The summed E-state index contributed by atoms with van der Waals surface area (Å²) in [7, 11) is -1.88. The second kappa shape index (κ2) is 8.95. The van der Waals surface area contributed by atoms with Gasteiger partial charge >= 0.3 is 6.09 Å². The number of nitrogens with one attached hydrogen (secondary N) is 1. The molecule has 2 aliphatic heterocycles. The molecule has 1 fully saturated rings. The van der Waals surface area contributed by atoms with Gasteiger partial charge in [-0.2, -0.15) is 5.10 Å². The highest BCUT2D eigenvalue weighted by Crippen LogP contribution is 2.41. The van der Waals surface area contributed by atoms with Crippen LogP contribution in [0.4, 0.5) is 4.79 Å². The molecule has 12 heteroatoms. The average Bonchev–Trinajstić information content (AvgIpc) is 3.40. The smallest absolute Gasteiger partial charge is 0.407 e. The van der Waals surface area contributed by atoms with E-state index in [1.54, 1.807) is 18.2 Å². The number of benzene rings is 2. The number of Topliss-reactive ketones (excluding diaryl/α,β-unsaturated/α-hetero) is 1. The molecule has 1 amide bonds. The van der Waals surface area contributed by atoms with Crippen LogP contribution in [0, 0.1) is 0 Å². The summed E-state index contributed by atoms with van der Waals surface area (Å²) in [6.07, 6.45) is 1.68. The van der Waals surface area contributed by atoms with Crippen LogP contribution in [0.3, 0.4) is 0 Å². The Kier molecular flexibility index (Phi) is 5.92. The maximum absolute atomic E-state index is 13.2. The molecule has 2 aromatic carbocycles. The van der Waals surface area contributed by atoms with Gasteiger partial charge in [-0.25, -0.2) is 13.2 Å². The van der Waals surface area contributed by atoms with Gasteiger partial charge < -0.3 is 19.5 Å². The molecule has 1 saturated heterocycles. The number of fused-ring (bicyclic) bond motifs is 2. The Balaban J connectivity index is 1.47. The fraction of sp³-hybridized carbons (Fsp3) is 0.292. The predicted molar refractivity (Wildman–Crippen MR) is 130 cm³/mol. The minimum Gasteiger partial charge on any atom is -0.496 e. The third-order valence-corrected chi connectivity index (χ3v) is 7.51. The molecule has 1 aromatic heterocycles. The third kappa shape index (κ3) is 4.29. The Morgan fingerprint density at radius 2 is 1.97 bits per heavy atom. The number of piperazine rings is 1. The first-order valence-electron chi connectivity index (χ1n) is 11.2. The number of amides is 1. The number of hydrogen-bond acceptors (Lipinski definition) is 8. The Labute approximate surface area is 206 Å². The molecule has 36 heavy (non-hydrogen) atoms. The van der Waals surface area contributed by atoms with Gasteiger partial charge in [0, 0.05) is 50.4 Å². The fourth-order valence-electron chi connectivity index (χ4n) is 4.43. The number of ether oxygens (including phenoxy) is 2. The van der Waals surface area contributed by atoms with Gasteiger partial charge in [-0.3, -0.25) is 14.8 Å². The minimum absolute atomic E-state index is 0.0633. The number of ketones is 1. The largest absolute Gasteiger partial charge is 0.496 e. The monoisotopic (exact) mass is 512 g/mol. The van der Waals surface area contributed by atoms with Crippen molar-refractivity contribution >= 4 is 38.7 Å². The zero-order chi connectivity index (χ0) is 25.6. The van der Waals surface area contributed by atoms with Crippen LogP contribution < -0.4 is 9.47 Å². The number of H-pyrrole nitrogens is 1. The zero-order valence-corrected chi connectivity index (χ0v) is 20.5. The van der Waals surface area contributed by atoms with Crippen LogP contribution >= 0.6 is 0 Å². The first-order chi connectivity index (χ1) is 17.2. The van der Waals surface area contributed by atoms with Crippen LogP contribution in [0.25, 0.3) is 17.0 Å². The summed E-state index contributed by atoms with van der Waals surface area (Å²) in [5.41, 5.74) is 2.09. The summed E-state index contributed by atoms with van der Waals surface area (Å²) >= 11 is 0. The summed E-state index contributed by atoms with van der Waals surface area (Å²) in [6, 6.07) is 7.99. The molecule has 2 N–H and O–H groups in total. The number of aromatic nitrogens is 2. The van der Waals surface area contributed by atoms with Crippen LogP contribution in [0.5, 0.6) is 11.5 Å². The van der Waals surface area contributed by atoms with Crippen molar-refractivity contribution in [3.8, 4) is 11.5 Å². The standard InChI is InChI=1S/C24H24N4O7S/c1-34-20-6-4-15-22(29)21(12-19-16-11-14(36(2,32)33)3-5-18(16)25-26-19)35-23(15)17(20)13-27-7-9-28(10-8-27)24(30)31/h3-6,11-12H,7-10,13H2,1-2H3,(H,25,26)(H,30,31)/b21-12-. The van der Waals surface area contributed by atoms with E-state index >= 15 is 0 Å². The molecule has 0 radical (unpaired) electrons. The quantitative estimate of drug-likeness (QED) is 0.493. The highest BCUT2D eigenvalue weighted by atomic mass is 32.2. The van der Waals surface area contributed by atoms with Gasteiger partial charge in [0.25, 0.3) is 0 Å². The lowest BCUT2D eigenvalue weighted by atomic mass is 10.0. The molecule has 11 nitrogen and oxygen atoms in total. The maximum atomic E-state index is 13.2. The lowest BCUT2D eigenvalue weighted by Crippen LogP contribution is -2.47. The molecule has 0 atom stereocenters. The molecular weight excluding hydrogens is 488 g/mol. The lowest BCUT2D eigenvalue weighted by molar-refractivity contribution is 0.101. The third-order valence-electron chi connectivity index (χ3n) is 6.40. The summed E-state index contributed by atoms with van der Waals surface area (Å²) < 4.78 is 35.6. The molecule has 0 saturated carbocycles. The first-order valence-corrected chi connectivity index (χ1v) is 13.1. The van der Waals surface area contributed by atoms with Gasteiger partial charge in [0.05, 0.1) is 34.3 Å². The summed E-state index contributed by atoms with van der Waals surface area (Å²) in [5.74, 6) is 0.697. The minimum atomic E-state index is -3.42. The van der Waals surface area contributed by atoms with E-state index in [0.717, 1.165) is 6.26 Å². The molecule has 3 heterocycles. The number of hydrogen-bond donors (Lipinski definition) is 2. The highest BCUT2D eigenvalue weighted by Gasteiger charge is 2.33. The van der Waals surface area contributed by atoms with Gasteiger partial charge in [0.1, 0.15) is 11.5 Å². The van der Waals surface area contributed by atoms with Crippen LogP contribution in [0.15, 0.2) is 41.0 Å². The van der Waals surface area contributed by atoms with Gasteiger partial charge in [-0.05, 0) is 30.3 Å². The van der Waals surface area contributed by atoms with Crippen molar-refractivity contribution in [1.29, 1.82) is 0 Å². The van der Waals surface area contributed by atoms with Gasteiger partial charge in [0.2, 0.25) is 5.78 Å². The van der Waals surface area contributed by atoms with E-state index in [4.69, 9.17) is 9.47 Å². The second-order valence-electron chi connectivity index (χ2n) is 8.70. The number of methoxy groups -OCH3 is 1. The molecule has 0 unspecified atom stereocenters. The Bertz CT molecular complexity index is 1520. The summed E-state index contributed by atoms with van der Waals surface area (Å²) in [6.45, 7) is 2.28. The number of allylic oxidation sites excluding steroid dienone is 1. The van der Waals surface area contributed by atoms with Crippen LogP contribution in [-0.2, 0) is 16.4 Å². The van der Waals surface area contributed by atoms with E-state index in [-0.39, 0.29) is 16.4 Å². The van der Waals surface area contributed by atoms with E-state index in [1.807, 2.05) is 0 Å². The fourth-order valence-corrected chi connectivity index (χ4v) is 5.08. The summed E-state index contributed by atoms with van der Waals surface area (Å²) in [4.78, 5) is 28.0. The van der Waals surface area contributed by atoms with Crippen molar-refractivity contribution in [3.63, 3.8) is 0 Å². The first kappa shape index (κ1) is 23.8. The molecule has 0 bridgehead atoms. The lowest BCUT2D eigenvalue weighted by Gasteiger charge is -2.33. The molecule has 0 aliphatic carbocycles. The van der Waals surface area contributed by atoms with E-state index in [2.05, 4.69) is 15.1 Å². The second-order valence-corrected chi connectivity index (χ2v) is 10.7. The molecule has 188 valence electrons. The van der Waals surface area contributed by atoms with Crippen molar-refractivity contribution in [2.24, 2.45) is 0 Å². The number of nitrogens with zero attached hydrogens (tertiary/aromatic N) is 3. The van der Waals surface area contributed by atoms with Crippen molar-refractivity contribution in [2.45, 2.75) is 11.4 Å². The van der Waals surface area contributed by atoms with E-state index in [1.165, 1.54) is 30.2 Å². The zero-order valence-electron chi connectivity index (χ0n) is 19.6.